The Bertz CT molecular complexity index is 1670. The summed E-state index contributed by atoms with van der Waals surface area (Å²) in [5.74, 6) is 1.16. The molecule has 44 heavy (non-hydrogen) atoms. The maximum Gasteiger partial charge on any atom is 0.270 e. The van der Waals surface area contributed by atoms with Crippen molar-refractivity contribution in [2.75, 3.05) is 25.4 Å². The number of rotatable bonds is 10. The van der Waals surface area contributed by atoms with E-state index in [1.54, 1.807) is 28.0 Å². The number of nitro benzene ring substituents is 1. The third-order valence-electron chi connectivity index (χ3n) is 7.38. The van der Waals surface area contributed by atoms with Crippen LogP contribution in [0.3, 0.4) is 0 Å². The lowest BCUT2D eigenvalue weighted by Gasteiger charge is -2.40. The van der Waals surface area contributed by atoms with Gasteiger partial charge in [0.25, 0.3) is 11.6 Å². The topological polar surface area (TPSA) is 114 Å². The summed E-state index contributed by atoms with van der Waals surface area (Å²) in [5, 5.41) is 21.6. The predicted molar refractivity (Wildman–Crippen MR) is 171 cm³/mol. The minimum absolute atomic E-state index is 0.0237. The molecule has 0 N–H and O–H groups in total. The minimum atomic E-state index is -0.518. The number of thioether (sulfide) groups is 1. The number of piperazine rings is 1. The highest BCUT2D eigenvalue weighted by Gasteiger charge is 2.30. The number of hydrogen-bond donors (Lipinski definition) is 0. The van der Waals surface area contributed by atoms with Crippen LogP contribution in [0.4, 0.5) is 5.69 Å². The van der Waals surface area contributed by atoms with Crippen LogP contribution in [0.15, 0.2) is 78.0 Å². The highest BCUT2D eigenvalue weighted by molar-refractivity contribution is 7.99. The van der Waals surface area contributed by atoms with Gasteiger partial charge in [-0.3, -0.25) is 24.3 Å². The van der Waals surface area contributed by atoms with Gasteiger partial charge >= 0.3 is 0 Å². The quantitative estimate of drug-likeness (QED) is 0.0852. The maximum atomic E-state index is 13.1. The van der Waals surface area contributed by atoms with Crippen molar-refractivity contribution >= 4 is 52.5 Å². The third-order valence-corrected chi connectivity index (χ3v) is 9.13. The molecular formula is C31H30Cl2N6O4S. The number of non-ortho nitro benzene ring substituents is 1. The number of amides is 2. The van der Waals surface area contributed by atoms with Gasteiger partial charge in [-0.05, 0) is 43.2 Å². The van der Waals surface area contributed by atoms with Gasteiger partial charge in [-0.1, -0.05) is 71.4 Å². The van der Waals surface area contributed by atoms with Crippen molar-refractivity contribution in [3.8, 4) is 5.69 Å². The summed E-state index contributed by atoms with van der Waals surface area (Å²) in [6, 6.07) is 20.9. The monoisotopic (exact) mass is 652 g/mol. The summed E-state index contributed by atoms with van der Waals surface area (Å²) in [7, 11) is 0. The largest absolute Gasteiger partial charge is 0.339 e. The first-order valence-electron chi connectivity index (χ1n) is 14.1. The van der Waals surface area contributed by atoms with Gasteiger partial charge in [0, 0.05) is 62.0 Å². The SMILES string of the molecule is CC1CN(C(=O)CCCSc2nnc(Cc3ccccc3)n2-c2ccc(Cl)c(Cl)c2)CCN1C(=O)c1cccc([N+](=O)[O-])c1. The van der Waals surface area contributed by atoms with Crippen LogP contribution in [0, 0.1) is 10.1 Å². The minimum Gasteiger partial charge on any atom is -0.339 e. The second-order valence-electron chi connectivity index (χ2n) is 10.4. The van der Waals surface area contributed by atoms with E-state index in [9.17, 15) is 19.7 Å². The average Bonchev–Trinajstić information content (AvgIpc) is 3.42. The Morgan fingerprint density at radius 2 is 1.80 bits per heavy atom. The number of nitrogens with zero attached hydrogens (tertiary/aromatic N) is 6. The standard InChI is InChI=1S/C31H30Cl2N6O4S/c1-21-20-36(14-15-37(21)30(41)23-9-5-10-25(18-23)39(42)43)29(40)11-6-16-44-31-35-34-28(17-22-7-3-2-4-8-22)38(31)24-12-13-26(32)27(33)19-24/h2-5,7-10,12-13,18-19,21H,6,11,14-17,20H2,1H3. The molecule has 13 heteroatoms. The second kappa shape index (κ2) is 14.2. The van der Waals surface area contributed by atoms with Crippen LogP contribution < -0.4 is 0 Å². The smallest absolute Gasteiger partial charge is 0.270 e. The van der Waals surface area contributed by atoms with Gasteiger partial charge in [0.2, 0.25) is 5.91 Å². The van der Waals surface area contributed by atoms with Crippen molar-refractivity contribution in [2.24, 2.45) is 0 Å². The first-order valence-corrected chi connectivity index (χ1v) is 15.8. The normalized spacial score (nSPS) is 14.9. The van der Waals surface area contributed by atoms with Gasteiger partial charge in [-0.15, -0.1) is 10.2 Å². The molecule has 228 valence electrons. The molecule has 0 saturated carbocycles. The van der Waals surface area contributed by atoms with Crippen LogP contribution in [-0.2, 0) is 11.2 Å². The van der Waals surface area contributed by atoms with Crippen LogP contribution in [0.5, 0.6) is 0 Å². The highest BCUT2D eigenvalue weighted by atomic mass is 35.5. The fraction of sp³-hybridized carbons (Fsp3) is 0.290. The maximum absolute atomic E-state index is 13.1. The Hall–Kier alpha value is -3.93. The predicted octanol–water partition coefficient (Wildman–Crippen LogP) is 6.32. The Morgan fingerprint density at radius 3 is 2.52 bits per heavy atom. The van der Waals surface area contributed by atoms with Gasteiger partial charge in [0.1, 0.15) is 5.82 Å². The van der Waals surface area contributed by atoms with Crippen molar-refractivity contribution in [3.63, 3.8) is 0 Å². The van der Waals surface area contributed by atoms with Crippen molar-refractivity contribution < 1.29 is 14.5 Å². The Labute approximate surface area is 269 Å². The highest BCUT2D eigenvalue weighted by Crippen LogP contribution is 2.29. The Morgan fingerprint density at radius 1 is 1.00 bits per heavy atom. The first-order chi connectivity index (χ1) is 21.2. The molecule has 1 aromatic heterocycles. The number of benzene rings is 3. The Kier molecular flexibility index (Phi) is 10.2. The molecular weight excluding hydrogens is 623 g/mol. The summed E-state index contributed by atoms with van der Waals surface area (Å²) >= 11 is 14.0. The number of nitro groups is 1. The summed E-state index contributed by atoms with van der Waals surface area (Å²) in [5.41, 5.74) is 2.05. The molecule has 0 bridgehead atoms. The zero-order valence-electron chi connectivity index (χ0n) is 23.9. The molecule has 1 unspecified atom stereocenters. The summed E-state index contributed by atoms with van der Waals surface area (Å²) in [6.07, 6.45) is 1.57. The van der Waals surface area contributed by atoms with E-state index in [2.05, 4.69) is 10.2 Å². The summed E-state index contributed by atoms with van der Waals surface area (Å²) in [4.78, 5) is 40.2. The van der Waals surface area contributed by atoms with Gasteiger partial charge in [0.05, 0.1) is 20.7 Å². The van der Waals surface area contributed by atoms with Crippen LogP contribution in [0.25, 0.3) is 5.69 Å². The van der Waals surface area contributed by atoms with Crippen LogP contribution >= 0.6 is 35.0 Å². The van der Waals surface area contributed by atoms with Crippen molar-refractivity contribution in [1.82, 2.24) is 24.6 Å². The van der Waals surface area contributed by atoms with E-state index in [0.717, 1.165) is 17.1 Å². The molecule has 1 atom stereocenters. The molecule has 1 aliphatic heterocycles. The molecule has 3 aromatic carbocycles. The van der Waals surface area contributed by atoms with Crippen molar-refractivity contribution in [1.29, 1.82) is 0 Å². The number of carbonyl (C=O) groups is 2. The molecule has 5 rings (SSSR count). The van der Waals surface area contributed by atoms with E-state index < -0.39 is 4.92 Å². The van der Waals surface area contributed by atoms with Crippen LogP contribution in [0.2, 0.25) is 10.0 Å². The van der Waals surface area contributed by atoms with E-state index in [1.807, 2.05) is 47.9 Å². The fourth-order valence-corrected chi connectivity index (χ4v) is 6.32. The molecule has 2 amide bonds. The van der Waals surface area contributed by atoms with E-state index in [-0.39, 0.29) is 29.1 Å². The lowest BCUT2D eigenvalue weighted by atomic mass is 10.1. The molecule has 0 radical (unpaired) electrons. The Balaban J connectivity index is 1.17. The second-order valence-corrected chi connectivity index (χ2v) is 12.3. The average molecular weight is 654 g/mol. The van der Waals surface area contributed by atoms with Gasteiger partial charge < -0.3 is 9.80 Å². The van der Waals surface area contributed by atoms with E-state index in [0.29, 0.717) is 59.9 Å². The molecule has 0 spiro atoms. The lowest BCUT2D eigenvalue weighted by molar-refractivity contribution is -0.384. The van der Waals surface area contributed by atoms with Crippen LogP contribution in [0.1, 0.15) is 41.5 Å². The van der Waals surface area contributed by atoms with E-state index >= 15 is 0 Å². The summed E-state index contributed by atoms with van der Waals surface area (Å²) < 4.78 is 1.97. The zero-order valence-corrected chi connectivity index (χ0v) is 26.3. The van der Waals surface area contributed by atoms with Crippen LogP contribution in [-0.4, -0.2) is 72.7 Å². The molecule has 1 aliphatic rings. The number of carbonyl (C=O) groups excluding carboxylic acids is 2. The molecule has 10 nitrogen and oxygen atoms in total. The van der Waals surface area contributed by atoms with Gasteiger partial charge in [-0.2, -0.15) is 0 Å². The lowest BCUT2D eigenvalue weighted by Crippen LogP contribution is -2.55. The van der Waals surface area contributed by atoms with Gasteiger partial charge in [0.15, 0.2) is 5.16 Å². The number of aromatic nitrogens is 3. The fourth-order valence-electron chi connectivity index (χ4n) is 5.12. The van der Waals surface area contributed by atoms with E-state index in [1.165, 1.54) is 30.0 Å². The zero-order chi connectivity index (χ0) is 31.2. The van der Waals surface area contributed by atoms with Crippen molar-refractivity contribution in [2.45, 2.75) is 37.4 Å². The number of hydrogen-bond acceptors (Lipinski definition) is 7. The van der Waals surface area contributed by atoms with Gasteiger partial charge in [-0.25, -0.2) is 0 Å². The van der Waals surface area contributed by atoms with E-state index in [4.69, 9.17) is 23.2 Å². The molecule has 2 heterocycles. The molecule has 1 fully saturated rings. The van der Waals surface area contributed by atoms with Crippen molar-refractivity contribution in [3.05, 3.63) is 110 Å². The molecule has 4 aromatic rings. The number of halogens is 2. The molecule has 0 aliphatic carbocycles. The first kappa shape index (κ1) is 31.5. The molecule has 1 saturated heterocycles. The summed E-state index contributed by atoms with van der Waals surface area (Å²) in [6.45, 7) is 3.06. The third kappa shape index (κ3) is 7.40.